The van der Waals surface area contributed by atoms with Crippen molar-refractivity contribution in [2.75, 3.05) is 25.0 Å². The van der Waals surface area contributed by atoms with Crippen LogP contribution in [0.2, 0.25) is 0 Å². The van der Waals surface area contributed by atoms with E-state index in [-0.39, 0.29) is 0 Å². The third kappa shape index (κ3) is 3.98. The van der Waals surface area contributed by atoms with E-state index >= 15 is 0 Å². The molecule has 1 aromatic heterocycles. The molecule has 2 heterocycles. The average Bonchev–Trinajstić information content (AvgIpc) is 3.06. The molecule has 0 unspecified atom stereocenters. The van der Waals surface area contributed by atoms with Crippen molar-refractivity contribution < 1.29 is 13.2 Å². The molecule has 23 heavy (non-hydrogen) atoms. The van der Waals surface area contributed by atoms with Gasteiger partial charge in [-0.25, -0.2) is 9.97 Å². The van der Waals surface area contributed by atoms with Gasteiger partial charge in [0.2, 0.25) is 5.95 Å². The predicted octanol–water partition coefficient (Wildman–Crippen LogP) is 3.18. The fourth-order valence-corrected chi connectivity index (χ4v) is 2.54. The van der Waals surface area contributed by atoms with Gasteiger partial charge in [0.1, 0.15) is 0 Å². The molecule has 1 fully saturated rings. The summed E-state index contributed by atoms with van der Waals surface area (Å²) < 4.78 is 37.7. The Bertz CT molecular complexity index is 632. The van der Waals surface area contributed by atoms with Crippen LogP contribution in [-0.4, -0.2) is 29.6 Å². The maximum atomic E-state index is 12.6. The molecule has 0 aliphatic carbocycles. The fourth-order valence-electron chi connectivity index (χ4n) is 2.54. The first-order valence-electron chi connectivity index (χ1n) is 7.46. The number of hydrogen-bond acceptors (Lipinski definition) is 4. The summed E-state index contributed by atoms with van der Waals surface area (Å²) in [5, 5.41) is 6.48. The van der Waals surface area contributed by atoms with Gasteiger partial charge in [-0.3, -0.25) is 0 Å². The zero-order valence-corrected chi connectivity index (χ0v) is 12.4. The molecule has 1 aliphatic heterocycles. The van der Waals surface area contributed by atoms with Crippen LogP contribution in [0.1, 0.15) is 12.0 Å². The van der Waals surface area contributed by atoms with E-state index in [0.717, 1.165) is 38.2 Å². The van der Waals surface area contributed by atoms with Gasteiger partial charge in [-0.1, -0.05) is 12.1 Å². The summed E-state index contributed by atoms with van der Waals surface area (Å²) in [4.78, 5) is 8.44. The lowest BCUT2D eigenvalue weighted by Gasteiger charge is -2.10. The van der Waals surface area contributed by atoms with Gasteiger partial charge in [-0.05, 0) is 43.1 Å². The van der Waals surface area contributed by atoms with Gasteiger partial charge in [0.25, 0.3) is 0 Å². The number of benzene rings is 1. The minimum atomic E-state index is -4.32. The first-order valence-corrected chi connectivity index (χ1v) is 7.46. The molecule has 3 rings (SSSR count). The monoisotopic (exact) mass is 322 g/mol. The Labute approximate surface area is 132 Å². The van der Waals surface area contributed by atoms with E-state index in [1.807, 2.05) is 0 Å². The second-order valence-electron chi connectivity index (χ2n) is 5.61. The van der Waals surface area contributed by atoms with E-state index in [1.165, 1.54) is 12.1 Å². The van der Waals surface area contributed by atoms with Gasteiger partial charge in [0.05, 0.1) is 5.56 Å². The summed E-state index contributed by atoms with van der Waals surface area (Å²) in [5.74, 6) is 1.11. The van der Waals surface area contributed by atoms with Gasteiger partial charge < -0.3 is 10.6 Å². The fraction of sp³-hybridized carbons (Fsp3) is 0.375. The Morgan fingerprint density at radius 1 is 1.09 bits per heavy atom. The van der Waals surface area contributed by atoms with Crippen LogP contribution in [0.4, 0.5) is 19.1 Å². The van der Waals surface area contributed by atoms with Crippen molar-refractivity contribution in [2.45, 2.75) is 12.6 Å². The van der Waals surface area contributed by atoms with Crippen molar-refractivity contribution in [3.05, 3.63) is 42.2 Å². The molecule has 7 heteroatoms. The van der Waals surface area contributed by atoms with E-state index in [2.05, 4.69) is 20.6 Å². The minimum Gasteiger partial charge on any atom is -0.354 e. The summed E-state index contributed by atoms with van der Waals surface area (Å²) in [7, 11) is 0. The summed E-state index contributed by atoms with van der Waals surface area (Å²) in [6, 6.07) is 4.99. The largest absolute Gasteiger partial charge is 0.416 e. The van der Waals surface area contributed by atoms with E-state index in [9.17, 15) is 13.2 Å². The third-order valence-corrected chi connectivity index (χ3v) is 3.91. The molecule has 0 spiro atoms. The number of aromatic nitrogens is 2. The van der Waals surface area contributed by atoms with Crippen molar-refractivity contribution in [2.24, 2.45) is 5.92 Å². The van der Waals surface area contributed by atoms with Crippen molar-refractivity contribution in [1.82, 2.24) is 15.3 Å². The smallest absolute Gasteiger partial charge is 0.354 e. The Hall–Kier alpha value is -2.15. The molecule has 1 saturated heterocycles. The van der Waals surface area contributed by atoms with Gasteiger partial charge in [0, 0.05) is 24.5 Å². The zero-order valence-electron chi connectivity index (χ0n) is 12.4. The highest BCUT2D eigenvalue weighted by atomic mass is 19.4. The molecule has 122 valence electrons. The molecule has 2 aromatic rings. The van der Waals surface area contributed by atoms with Crippen LogP contribution in [0.3, 0.4) is 0 Å². The predicted molar refractivity (Wildman–Crippen MR) is 81.9 cm³/mol. The maximum Gasteiger partial charge on any atom is 0.416 e. The summed E-state index contributed by atoms with van der Waals surface area (Å²) in [6.45, 7) is 2.85. The second-order valence-corrected chi connectivity index (χ2v) is 5.61. The van der Waals surface area contributed by atoms with Crippen LogP contribution >= 0.6 is 0 Å². The van der Waals surface area contributed by atoms with Gasteiger partial charge in [-0.15, -0.1) is 0 Å². The quantitative estimate of drug-likeness (QED) is 0.908. The molecular formula is C16H17F3N4. The van der Waals surface area contributed by atoms with Crippen LogP contribution in [0.15, 0.2) is 36.7 Å². The van der Waals surface area contributed by atoms with Crippen LogP contribution < -0.4 is 10.6 Å². The maximum absolute atomic E-state index is 12.6. The van der Waals surface area contributed by atoms with Crippen LogP contribution in [0, 0.1) is 5.92 Å². The van der Waals surface area contributed by atoms with E-state index in [4.69, 9.17) is 0 Å². The Morgan fingerprint density at radius 3 is 2.35 bits per heavy atom. The Balaban J connectivity index is 1.64. The lowest BCUT2D eigenvalue weighted by Crippen LogP contribution is -2.18. The molecule has 4 nitrogen and oxygen atoms in total. The molecular weight excluding hydrogens is 305 g/mol. The molecule has 1 atom stereocenters. The van der Waals surface area contributed by atoms with E-state index < -0.39 is 11.7 Å². The van der Waals surface area contributed by atoms with Crippen LogP contribution in [0.25, 0.3) is 11.1 Å². The summed E-state index contributed by atoms with van der Waals surface area (Å²) in [6.07, 6.45) is 0.0458. The first kappa shape index (κ1) is 15.7. The van der Waals surface area contributed by atoms with Crippen molar-refractivity contribution >= 4 is 5.95 Å². The number of nitrogens with zero attached hydrogens (tertiary/aromatic N) is 2. The molecule has 0 saturated carbocycles. The lowest BCUT2D eigenvalue weighted by molar-refractivity contribution is -0.137. The van der Waals surface area contributed by atoms with Crippen molar-refractivity contribution in [3.8, 4) is 11.1 Å². The van der Waals surface area contributed by atoms with Gasteiger partial charge in [0.15, 0.2) is 0 Å². The highest BCUT2D eigenvalue weighted by molar-refractivity contribution is 5.62. The SMILES string of the molecule is FC(F)(F)c1ccc(-c2cnc(NC[C@H]3CCNC3)nc2)cc1. The number of hydrogen-bond donors (Lipinski definition) is 2. The molecule has 0 bridgehead atoms. The number of nitrogens with one attached hydrogen (secondary N) is 2. The van der Waals surface area contributed by atoms with Gasteiger partial charge >= 0.3 is 6.18 Å². The average molecular weight is 322 g/mol. The lowest BCUT2D eigenvalue weighted by atomic mass is 10.1. The normalized spacial score (nSPS) is 18.1. The van der Waals surface area contributed by atoms with Crippen LogP contribution in [-0.2, 0) is 6.18 Å². The van der Waals surface area contributed by atoms with E-state index in [1.54, 1.807) is 12.4 Å². The van der Waals surface area contributed by atoms with Crippen molar-refractivity contribution in [3.63, 3.8) is 0 Å². The first-order chi connectivity index (χ1) is 11.0. The highest BCUT2D eigenvalue weighted by Crippen LogP contribution is 2.30. The minimum absolute atomic E-state index is 0.535. The van der Waals surface area contributed by atoms with E-state index in [0.29, 0.717) is 23.0 Å². The Morgan fingerprint density at radius 2 is 1.78 bits per heavy atom. The van der Waals surface area contributed by atoms with Crippen LogP contribution in [0.5, 0.6) is 0 Å². The standard InChI is InChI=1S/C16H17F3N4/c17-16(18,19)14-3-1-12(2-4-14)13-9-22-15(23-10-13)21-8-11-5-6-20-7-11/h1-4,9-11,20H,5-8H2,(H,21,22,23)/t11-/m0/s1. The molecule has 0 amide bonds. The number of anilines is 1. The summed E-state index contributed by atoms with van der Waals surface area (Å²) in [5.41, 5.74) is 0.682. The summed E-state index contributed by atoms with van der Waals surface area (Å²) >= 11 is 0. The molecule has 1 aliphatic rings. The highest BCUT2D eigenvalue weighted by Gasteiger charge is 2.29. The molecule has 2 N–H and O–H groups in total. The molecule has 0 radical (unpaired) electrons. The third-order valence-electron chi connectivity index (χ3n) is 3.91. The van der Waals surface area contributed by atoms with Gasteiger partial charge in [-0.2, -0.15) is 13.2 Å². The number of rotatable bonds is 4. The molecule has 1 aromatic carbocycles. The topological polar surface area (TPSA) is 49.8 Å². The second kappa shape index (κ2) is 6.54. The Kier molecular flexibility index (Phi) is 4.47. The number of alkyl halides is 3. The zero-order chi connectivity index (χ0) is 16.3. The van der Waals surface area contributed by atoms with Crippen molar-refractivity contribution in [1.29, 1.82) is 0 Å². The number of halogens is 3.